The third kappa shape index (κ3) is 3.29. The van der Waals surface area contributed by atoms with Gasteiger partial charge in [0.05, 0.1) is 0 Å². The Kier molecular flexibility index (Phi) is 4.61. The third-order valence-electron chi connectivity index (χ3n) is 4.43. The topological polar surface area (TPSA) is 78.9 Å². The SMILES string of the molecule is CC[C@@]1(C)OC(=O)N(CCC(=O)Nc2ccc(F)cc2)[C@@]1(C)O. The summed E-state index contributed by atoms with van der Waals surface area (Å²) in [5.41, 5.74) is -2.04. The molecule has 1 aliphatic heterocycles. The molecule has 2 rings (SSSR count). The van der Waals surface area contributed by atoms with E-state index in [0.717, 1.165) is 4.90 Å². The van der Waals surface area contributed by atoms with E-state index >= 15 is 0 Å². The molecule has 1 fully saturated rings. The lowest BCUT2D eigenvalue weighted by Gasteiger charge is -2.36. The highest BCUT2D eigenvalue weighted by Gasteiger charge is 2.58. The number of amides is 2. The van der Waals surface area contributed by atoms with Crippen LogP contribution in [0.15, 0.2) is 24.3 Å². The number of hydrogen-bond acceptors (Lipinski definition) is 4. The van der Waals surface area contributed by atoms with Crippen molar-refractivity contribution in [1.29, 1.82) is 0 Å². The second-order valence-electron chi connectivity index (χ2n) is 5.93. The molecular formula is C16H21FN2O4. The lowest BCUT2D eigenvalue weighted by atomic mass is 9.91. The molecule has 2 amide bonds. The van der Waals surface area contributed by atoms with E-state index in [1.54, 1.807) is 6.92 Å². The first-order valence-electron chi connectivity index (χ1n) is 7.48. The van der Waals surface area contributed by atoms with Crippen molar-refractivity contribution in [2.24, 2.45) is 0 Å². The van der Waals surface area contributed by atoms with Crippen molar-refractivity contribution in [1.82, 2.24) is 4.90 Å². The number of rotatable bonds is 5. The van der Waals surface area contributed by atoms with Gasteiger partial charge in [0.2, 0.25) is 5.91 Å². The van der Waals surface area contributed by atoms with Gasteiger partial charge in [0.15, 0.2) is 11.3 Å². The van der Waals surface area contributed by atoms with Crippen LogP contribution in [0.1, 0.15) is 33.6 Å². The summed E-state index contributed by atoms with van der Waals surface area (Å²) in [5, 5.41) is 13.2. The van der Waals surface area contributed by atoms with E-state index in [0.29, 0.717) is 12.1 Å². The average Bonchev–Trinajstić information content (AvgIpc) is 2.65. The number of halogens is 1. The highest BCUT2D eigenvalue weighted by molar-refractivity contribution is 5.91. The fraction of sp³-hybridized carbons (Fsp3) is 0.500. The smallest absolute Gasteiger partial charge is 0.412 e. The first kappa shape index (κ1) is 17.2. The van der Waals surface area contributed by atoms with Crippen LogP contribution in [0.25, 0.3) is 0 Å². The van der Waals surface area contributed by atoms with Crippen LogP contribution in [-0.4, -0.2) is 39.9 Å². The summed E-state index contributed by atoms with van der Waals surface area (Å²) in [6, 6.07) is 5.37. The fourth-order valence-corrected chi connectivity index (χ4v) is 2.49. The summed E-state index contributed by atoms with van der Waals surface area (Å²) in [5.74, 6) is -0.733. The Bertz CT molecular complexity index is 603. The van der Waals surface area contributed by atoms with Crippen LogP contribution in [0.3, 0.4) is 0 Å². The molecule has 0 unspecified atom stereocenters. The summed E-state index contributed by atoms with van der Waals surface area (Å²) in [6.07, 6.45) is -0.208. The molecule has 126 valence electrons. The summed E-state index contributed by atoms with van der Waals surface area (Å²) < 4.78 is 18.1. The fourth-order valence-electron chi connectivity index (χ4n) is 2.49. The van der Waals surface area contributed by atoms with E-state index in [9.17, 15) is 19.1 Å². The van der Waals surface area contributed by atoms with Crippen molar-refractivity contribution in [3.8, 4) is 0 Å². The Labute approximate surface area is 134 Å². The molecule has 0 spiro atoms. The quantitative estimate of drug-likeness (QED) is 0.872. The molecule has 2 N–H and O–H groups in total. The predicted molar refractivity (Wildman–Crippen MR) is 82.2 cm³/mol. The normalized spacial score (nSPS) is 27.0. The van der Waals surface area contributed by atoms with Crippen molar-refractivity contribution >= 4 is 17.7 Å². The van der Waals surface area contributed by atoms with E-state index < -0.39 is 23.2 Å². The van der Waals surface area contributed by atoms with Crippen LogP contribution in [0.5, 0.6) is 0 Å². The molecule has 0 saturated carbocycles. The maximum atomic E-state index is 12.8. The van der Waals surface area contributed by atoms with E-state index in [1.165, 1.54) is 31.2 Å². The number of carbonyl (C=O) groups is 2. The minimum Gasteiger partial charge on any atom is -0.438 e. The molecule has 1 heterocycles. The first-order valence-corrected chi connectivity index (χ1v) is 7.48. The van der Waals surface area contributed by atoms with Gasteiger partial charge in [-0.2, -0.15) is 0 Å². The second kappa shape index (κ2) is 6.16. The number of ether oxygens (including phenoxy) is 1. The number of anilines is 1. The number of nitrogens with one attached hydrogen (secondary N) is 1. The highest BCUT2D eigenvalue weighted by Crippen LogP contribution is 2.39. The van der Waals surface area contributed by atoms with E-state index in [4.69, 9.17) is 4.74 Å². The molecule has 1 aliphatic rings. The van der Waals surface area contributed by atoms with Gasteiger partial charge in [0, 0.05) is 18.7 Å². The van der Waals surface area contributed by atoms with Gasteiger partial charge in [-0.1, -0.05) is 6.92 Å². The van der Waals surface area contributed by atoms with Gasteiger partial charge in [-0.25, -0.2) is 9.18 Å². The number of cyclic esters (lactones) is 1. The summed E-state index contributed by atoms with van der Waals surface area (Å²) in [6.45, 7) is 4.99. The number of aliphatic hydroxyl groups is 1. The molecule has 0 aromatic heterocycles. The van der Waals surface area contributed by atoms with Crippen molar-refractivity contribution in [2.75, 3.05) is 11.9 Å². The molecule has 23 heavy (non-hydrogen) atoms. The zero-order chi connectivity index (χ0) is 17.3. The van der Waals surface area contributed by atoms with Crippen LogP contribution in [0, 0.1) is 5.82 Å². The molecule has 0 aliphatic carbocycles. The van der Waals surface area contributed by atoms with Gasteiger partial charge >= 0.3 is 6.09 Å². The van der Waals surface area contributed by atoms with E-state index in [-0.39, 0.29) is 18.9 Å². The lowest BCUT2D eigenvalue weighted by molar-refractivity contribution is -0.139. The third-order valence-corrected chi connectivity index (χ3v) is 4.43. The number of nitrogens with zero attached hydrogens (tertiary/aromatic N) is 1. The standard InChI is InChI=1S/C16H21FN2O4/c1-4-15(2)16(3,22)19(14(21)23-15)10-9-13(20)18-12-7-5-11(17)6-8-12/h5-8,22H,4,9-10H2,1-3H3,(H,18,20)/t15-,16+/m1/s1. The number of carbonyl (C=O) groups excluding carboxylic acids is 2. The van der Waals surface area contributed by atoms with Crippen LogP contribution in [0.2, 0.25) is 0 Å². The largest absolute Gasteiger partial charge is 0.438 e. The molecule has 1 saturated heterocycles. The predicted octanol–water partition coefficient (Wildman–Crippen LogP) is 2.48. The molecule has 0 radical (unpaired) electrons. The van der Waals surface area contributed by atoms with Crippen molar-refractivity contribution in [3.63, 3.8) is 0 Å². The van der Waals surface area contributed by atoms with Crippen molar-refractivity contribution < 1.29 is 23.8 Å². The van der Waals surface area contributed by atoms with Crippen LogP contribution in [0.4, 0.5) is 14.9 Å². The molecule has 2 atom stereocenters. The molecule has 1 aromatic carbocycles. The highest BCUT2D eigenvalue weighted by atomic mass is 19.1. The summed E-state index contributed by atoms with van der Waals surface area (Å²) in [7, 11) is 0. The average molecular weight is 324 g/mol. The van der Waals surface area contributed by atoms with Gasteiger partial charge in [-0.15, -0.1) is 0 Å². The summed E-state index contributed by atoms with van der Waals surface area (Å²) in [4.78, 5) is 25.0. The molecule has 6 nitrogen and oxygen atoms in total. The first-order chi connectivity index (χ1) is 10.7. The van der Waals surface area contributed by atoms with Gasteiger partial charge in [-0.3, -0.25) is 9.69 Å². The maximum absolute atomic E-state index is 12.8. The molecule has 1 aromatic rings. The zero-order valence-electron chi connectivity index (χ0n) is 13.4. The minimum absolute atomic E-state index is 0.0115. The Hall–Kier alpha value is -2.15. The Morgan fingerprint density at radius 2 is 1.96 bits per heavy atom. The van der Waals surface area contributed by atoms with Gasteiger partial charge in [-0.05, 0) is 44.5 Å². The molecular weight excluding hydrogens is 303 g/mol. The van der Waals surface area contributed by atoms with Crippen LogP contribution in [-0.2, 0) is 9.53 Å². The van der Waals surface area contributed by atoms with Gasteiger partial charge in [0.1, 0.15) is 5.82 Å². The minimum atomic E-state index is -1.49. The van der Waals surface area contributed by atoms with Crippen LogP contribution >= 0.6 is 0 Å². The second-order valence-corrected chi connectivity index (χ2v) is 5.93. The van der Waals surface area contributed by atoms with E-state index in [2.05, 4.69) is 5.32 Å². The molecule has 0 bridgehead atoms. The van der Waals surface area contributed by atoms with Gasteiger partial charge < -0.3 is 15.2 Å². The Morgan fingerprint density at radius 1 is 1.35 bits per heavy atom. The van der Waals surface area contributed by atoms with Crippen molar-refractivity contribution in [2.45, 2.75) is 44.9 Å². The molecule has 7 heteroatoms. The Balaban J connectivity index is 1.96. The van der Waals surface area contributed by atoms with Crippen LogP contribution < -0.4 is 5.32 Å². The van der Waals surface area contributed by atoms with E-state index in [1.807, 2.05) is 6.92 Å². The lowest BCUT2D eigenvalue weighted by Crippen LogP contribution is -2.55. The zero-order valence-corrected chi connectivity index (χ0v) is 13.4. The van der Waals surface area contributed by atoms with Crippen molar-refractivity contribution in [3.05, 3.63) is 30.1 Å². The summed E-state index contributed by atoms with van der Waals surface area (Å²) >= 11 is 0. The Morgan fingerprint density at radius 3 is 2.48 bits per heavy atom. The maximum Gasteiger partial charge on any atom is 0.412 e. The van der Waals surface area contributed by atoms with Gasteiger partial charge in [0.25, 0.3) is 0 Å². The number of hydrogen-bond donors (Lipinski definition) is 2. The monoisotopic (exact) mass is 324 g/mol. The number of benzene rings is 1.